The lowest BCUT2D eigenvalue weighted by atomic mass is 10.1. The summed E-state index contributed by atoms with van der Waals surface area (Å²) in [5.41, 5.74) is 8.25. The number of nitrogen functional groups attached to an aromatic ring is 1. The molecule has 13 heteroatoms. The molecule has 1 aliphatic heterocycles. The standard InChI is InChI=1S/C24H34N12O/c1-15(18-5-6-27-23(25)29-18)11-17(37-26)14-28-24-31-20(30-21-12-19(33-34-21)16-3-4-16)13-22(32-24)36-9-7-35(2)8-10-36/h5-6,12-13,16-17H,1,3-4,7-11,14,26H2,2H3,(H2,25,27,29)(H3,28,30,31,32,33,34). The molecule has 0 radical (unpaired) electrons. The number of nitrogens with one attached hydrogen (secondary N) is 3. The highest BCUT2D eigenvalue weighted by molar-refractivity contribution is 5.62. The SMILES string of the molecule is C=C(CC(CNc1nc(Nc2cc(C3CC3)[nH]n2)cc(N2CCN(C)CC2)n1)ON)c1ccnc(N)n1. The normalized spacial score (nSPS) is 17.0. The number of hydrogen-bond donors (Lipinski definition) is 5. The summed E-state index contributed by atoms with van der Waals surface area (Å²) in [6.07, 6.45) is 4.07. The van der Waals surface area contributed by atoms with E-state index in [2.05, 4.69) is 59.2 Å². The van der Waals surface area contributed by atoms with Gasteiger partial charge in [0.05, 0.1) is 5.69 Å². The number of hydrogen-bond acceptors (Lipinski definition) is 12. The van der Waals surface area contributed by atoms with Crippen molar-refractivity contribution in [2.24, 2.45) is 5.90 Å². The molecule has 37 heavy (non-hydrogen) atoms. The van der Waals surface area contributed by atoms with Crippen molar-refractivity contribution >= 4 is 34.9 Å². The molecule has 7 N–H and O–H groups in total. The Morgan fingerprint density at radius 3 is 2.73 bits per heavy atom. The van der Waals surface area contributed by atoms with E-state index in [1.165, 1.54) is 12.8 Å². The molecule has 0 spiro atoms. The van der Waals surface area contributed by atoms with Gasteiger partial charge in [0.1, 0.15) is 17.7 Å². The van der Waals surface area contributed by atoms with Crippen molar-refractivity contribution in [3.63, 3.8) is 0 Å². The number of anilines is 5. The van der Waals surface area contributed by atoms with Gasteiger partial charge in [0.2, 0.25) is 11.9 Å². The monoisotopic (exact) mass is 506 g/mol. The zero-order chi connectivity index (χ0) is 25.8. The molecule has 1 unspecified atom stereocenters. The van der Waals surface area contributed by atoms with Crippen LogP contribution in [0.15, 0.2) is 31.0 Å². The molecule has 0 bridgehead atoms. The molecule has 1 aliphatic carbocycles. The smallest absolute Gasteiger partial charge is 0.226 e. The van der Waals surface area contributed by atoms with Crippen LogP contribution < -0.4 is 27.2 Å². The minimum Gasteiger partial charge on any atom is -0.368 e. The molecule has 3 aromatic rings. The van der Waals surface area contributed by atoms with Crippen molar-refractivity contribution in [1.82, 2.24) is 35.0 Å². The Bertz CT molecular complexity index is 1220. The Kier molecular flexibility index (Phi) is 7.44. The van der Waals surface area contributed by atoms with Gasteiger partial charge >= 0.3 is 0 Å². The Morgan fingerprint density at radius 2 is 2.00 bits per heavy atom. The second-order valence-electron chi connectivity index (χ2n) is 9.58. The number of nitrogens with two attached hydrogens (primary N) is 2. The molecule has 1 atom stereocenters. The summed E-state index contributed by atoms with van der Waals surface area (Å²) in [5, 5.41) is 14.1. The summed E-state index contributed by atoms with van der Waals surface area (Å²) in [7, 11) is 2.13. The van der Waals surface area contributed by atoms with Crippen molar-refractivity contribution in [3.05, 3.63) is 42.4 Å². The predicted molar refractivity (Wildman–Crippen MR) is 143 cm³/mol. The zero-order valence-electron chi connectivity index (χ0n) is 21.0. The van der Waals surface area contributed by atoms with Crippen LogP contribution in [0.5, 0.6) is 0 Å². The van der Waals surface area contributed by atoms with Gasteiger partial charge in [0, 0.05) is 69.1 Å². The van der Waals surface area contributed by atoms with E-state index >= 15 is 0 Å². The van der Waals surface area contributed by atoms with Gasteiger partial charge in [0.25, 0.3) is 0 Å². The fourth-order valence-corrected chi connectivity index (χ4v) is 4.23. The molecule has 0 amide bonds. The van der Waals surface area contributed by atoms with Gasteiger partial charge in [-0.1, -0.05) is 6.58 Å². The van der Waals surface area contributed by atoms with Crippen molar-refractivity contribution in [1.29, 1.82) is 0 Å². The molecule has 1 saturated heterocycles. The molecule has 1 saturated carbocycles. The van der Waals surface area contributed by atoms with Crippen LogP contribution in [0.4, 0.5) is 29.4 Å². The summed E-state index contributed by atoms with van der Waals surface area (Å²) >= 11 is 0. The lowest BCUT2D eigenvalue weighted by Crippen LogP contribution is -2.44. The number of piperazine rings is 1. The highest BCUT2D eigenvalue weighted by Crippen LogP contribution is 2.39. The number of aromatic nitrogens is 6. The van der Waals surface area contributed by atoms with E-state index in [1.807, 2.05) is 12.1 Å². The van der Waals surface area contributed by atoms with E-state index < -0.39 is 0 Å². The minimum atomic E-state index is -0.386. The van der Waals surface area contributed by atoms with Crippen LogP contribution in [-0.4, -0.2) is 80.9 Å². The summed E-state index contributed by atoms with van der Waals surface area (Å²) in [5.74, 6) is 9.09. The number of rotatable bonds is 11. The van der Waals surface area contributed by atoms with E-state index in [0.29, 0.717) is 36.3 Å². The number of H-pyrrole nitrogens is 1. The van der Waals surface area contributed by atoms with E-state index in [1.54, 1.807) is 12.3 Å². The average Bonchev–Trinajstić information content (AvgIpc) is 3.65. The van der Waals surface area contributed by atoms with Crippen LogP contribution >= 0.6 is 0 Å². The Labute approximate surface area is 215 Å². The molecular weight excluding hydrogens is 472 g/mol. The van der Waals surface area contributed by atoms with Gasteiger partial charge in [-0.05, 0) is 31.5 Å². The Hall–Kier alpha value is -3.81. The van der Waals surface area contributed by atoms with Crippen molar-refractivity contribution in [2.75, 3.05) is 61.0 Å². The molecule has 13 nitrogen and oxygen atoms in total. The number of likely N-dealkylation sites (N-methyl/N-ethyl adjacent to an activating group) is 1. The third kappa shape index (κ3) is 6.50. The Morgan fingerprint density at radius 1 is 1.19 bits per heavy atom. The van der Waals surface area contributed by atoms with Gasteiger partial charge in [0.15, 0.2) is 5.82 Å². The molecule has 2 fully saturated rings. The third-order valence-electron chi connectivity index (χ3n) is 6.60. The molecule has 196 valence electrons. The second kappa shape index (κ2) is 11.1. The van der Waals surface area contributed by atoms with Crippen molar-refractivity contribution in [3.8, 4) is 0 Å². The summed E-state index contributed by atoms with van der Waals surface area (Å²) in [6, 6.07) is 5.76. The van der Waals surface area contributed by atoms with Gasteiger partial charge in [-0.3, -0.25) is 9.94 Å². The first-order valence-electron chi connectivity index (χ1n) is 12.5. The lowest BCUT2D eigenvalue weighted by Gasteiger charge is -2.33. The van der Waals surface area contributed by atoms with Crippen molar-refractivity contribution < 1.29 is 4.84 Å². The van der Waals surface area contributed by atoms with E-state index in [-0.39, 0.29) is 12.1 Å². The van der Waals surface area contributed by atoms with E-state index in [4.69, 9.17) is 21.5 Å². The number of aromatic amines is 1. The van der Waals surface area contributed by atoms with Crippen molar-refractivity contribution in [2.45, 2.75) is 31.3 Å². The minimum absolute atomic E-state index is 0.192. The van der Waals surface area contributed by atoms with Crippen LogP contribution in [0.1, 0.15) is 36.6 Å². The third-order valence-corrected chi connectivity index (χ3v) is 6.60. The maximum Gasteiger partial charge on any atom is 0.226 e. The average molecular weight is 507 g/mol. The quantitative estimate of drug-likeness (QED) is 0.239. The fourth-order valence-electron chi connectivity index (χ4n) is 4.23. The highest BCUT2D eigenvalue weighted by atomic mass is 16.6. The van der Waals surface area contributed by atoms with Crippen LogP contribution in [0, 0.1) is 0 Å². The first-order chi connectivity index (χ1) is 18.0. The summed E-state index contributed by atoms with van der Waals surface area (Å²) in [4.78, 5) is 27.4. The van der Waals surface area contributed by atoms with Crippen LogP contribution in [0.25, 0.3) is 5.57 Å². The topological polar surface area (TPSA) is 172 Å². The summed E-state index contributed by atoms with van der Waals surface area (Å²) in [6.45, 7) is 8.18. The molecule has 0 aromatic carbocycles. The Balaban J connectivity index is 1.29. The van der Waals surface area contributed by atoms with E-state index in [0.717, 1.165) is 49.1 Å². The second-order valence-corrected chi connectivity index (χ2v) is 9.58. The first kappa shape index (κ1) is 24.9. The molecule has 3 aromatic heterocycles. The van der Waals surface area contributed by atoms with Crippen LogP contribution in [0.2, 0.25) is 0 Å². The fraction of sp³-hybridized carbons (Fsp3) is 0.458. The molecule has 4 heterocycles. The maximum absolute atomic E-state index is 5.70. The molecule has 2 aliphatic rings. The summed E-state index contributed by atoms with van der Waals surface area (Å²) < 4.78 is 0. The highest BCUT2D eigenvalue weighted by Gasteiger charge is 2.26. The van der Waals surface area contributed by atoms with E-state index in [9.17, 15) is 0 Å². The van der Waals surface area contributed by atoms with Crippen LogP contribution in [0.3, 0.4) is 0 Å². The largest absolute Gasteiger partial charge is 0.368 e. The predicted octanol–water partition coefficient (Wildman–Crippen LogP) is 1.72. The van der Waals surface area contributed by atoms with Gasteiger partial charge < -0.3 is 26.2 Å². The van der Waals surface area contributed by atoms with Gasteiger partial charge in [-0.2, -0.15) is 15.1 Å². The number of nitrogens with zero attached hydrogens (tertiary/aromatic N) is 7. The molecular formula is C24H34N12O. The zero-order valence-corrected chi connectivity index (χ0v) is 21.0. The molecule has 5 rings (SSSR count). The maximum atomic E-state index is 5.70. The lowest BCUT2D eigenvalue weighted by molar-refractivity contribution is 0.0660. The van der Waals surface area contributed by atoms with Gasteiger partial charge in [-0.15, -0.1) is 0 Å². The van der Waals surface area contributed by atoms with Crippen LogP contribution in [-0.2, 0) is 4.84 Å². The van der Waals surface area contributed by atoms with Gasteiger partial charge in [-0.25, -0.2) is 15.9 Å². The first-order valence-corrected chi connectivity index (χ1v) is 12.5.